The normalized spacial score (nSPS) is 12.2. The summed E-state index contributed by atoms with van der Waals surface area (Å²) in [4.78, 5) is 38.3. The molecule has 0 amide bonds. The van der Waals surface area contributed by atoms with Crippen LogP contribution in [0.5, 0.6) is 0 Å². The van der Waals surface area contributed by atoms with Gasteiger partial charge in [0.15, 0.2) is 6.10 Å². The molecule has 0 saturated heterocycles. The largest absolute Gasteiger partial charge is 0.462 e. The molecule has 1 unspecified atom stereocenters. The van der Waals surface area contributed by atoms with Crippen molar-refractivity contribution in [3.8, 4) is 0 Å². The average Bonchev–Trinajstić information content (AvgIpc) is 3.42. The van der Waals surface area contributed by atoms with E-state index in [2.05, 4.69) is 57.2 Å². The van der Waals surface area contributed by atoms with Gasteiger partial charge >= 0.3 is 17.9 Å². The highest BCUT2D eigenvalue weighted by Crippen LogP contribution is 2.19. The first-order valence-corrected chi connectivity index (χ1v) is 34.0. The van der Waals surface area contributed by atoms with E-state index in [0.717, 1.165) is 83.5 Å². The van der Waals surface area contributed by atoms with Gasteiger partial charge in [0.05, 0.1) is 0 Å². The molecule has 0 aromatic heterocycles. The number of allylic oxidation sites excluding steroid dienone is 6. The van der Waals surface area contributed by atoms with Gasteiger partial charge in [-0.3, -0.25) is 14.4 Å². The summed E-state index contributed by atoms with van der Waals surface area (Å²) < 4.78 is 16.9. The molecule has 0 heterocycles. The molecule has 76 heavy (non-hydrogen) atoms. The summed E-state index contributed by atoms with van der Waals surface area (Å²) in [7, 11) is 0. The Hall–Kier alpha value is -2.37. The fourth-order valence-corrected chi connectivity index (χ4v) is 10.3. The van der Waals surface area contributed by atoms with Gasteiger partial charge in [0.2, 0.25) is 0 Å². The Morgan fingerprint density at radius 3 is 0.803 bits per heavy atom. The van der Waals surface area contributed by atoms with E-state index in [1.54, 1.807) is 0 Å². The number of carbonyl (C=O) groups is 3. The van der Waals surface area contributed by atoms with Crippen LogP contribution in [0.3, 0.4) is 0 Å². The van der Waals surface area contributed by atoms with Gasteiger partial charge in [-0.2, -0.15) is 0 Å². The second kappa shape index (κ2) is 65.2. The second-order valence-corrected chi connectivity index (χ2v) is 23.1. The topological polar surface area (TPSA) is 78.9 Å². The first kappa shape index (κ1) is 73.6. The number of hydrogen-bond acceptors (Lipinski definition) is 6. The quantitative estimate of drug-likeness (QED) is 0.0261. The molecule has 0 aliphatic rings. The van der Waals surface area contributed by atoms with Crippen LogP contribution in [0.25, 0.3) is 0 Å². The maximum Gasteiger partial charge on any atom is 0.306 e. The van der Waals surface area contributed by atoms with Gasteiger partial charge in [-0.05, 0) is 51.4 Å². The molecule has 0 N–H and O–H groups in total. The molecule has 446 valence electrons. The van der Waals surface area contributed by atoms with E-state index in [1.165, 1.54) is 250 Å². The molecule has 0 aliphatic carbocycles. The number of rotatable bonds is 63. The Morgan fingerprint density at radius 1 is 0.276 bits per heavy atom. The molecule has 0 rings (SSSR count). The smallest absolute Gasteiger partial charge is 0.306 e. The summed E-state index contributed by atoms with van der Waals surface area (Å²) in [6, 6.07) is 0. The van der Waals surface area contributed by atoms with E-state index in [-0.39, 0.29) is 31.1 Å². The molecule has 0 radical (unpaired) electrons. The Kier molecular flexibility index (Phi) is 63.1. The van der Waals surface area contributed by atoms with Crippen molar-refractivity contribution in [3.63, 3.8) is 0 Å². The maximum absolute atomic E-state index is 12.9. The zero-order valence-electron chi connectivity index (χ0n) is 51.3. The van der Waals surface area contributed by atoms with Crippen LogP contribution in [0.15, 0.2) is 36.5 Å². The zero-order valence-corrected chi connectivity index (χ0v) is 51.3. The summed E-state index contributed by atoms with van der Waals surface area (Å²) in [5, 5.41) is 0. The Morgan fingerprint density at radius 2 is 0.513 bits per heavy atom. The van der Waals surface area contributed by atoms with Crippen LogP contribution >= 0.6 is 0 Å². The predicted molar refractivity (Wildman–Crippen MR) is 330 cm³/mol. The highest BCUT2D eigenvalue weighted by molar-refractivity contribution is 5.71. The van der Waals surface area contributed by atoms with Gasteiger partial charge in [-0.25, -0.2) is 0 Å². The number of ether oxygens (including phenoxy) is 3. The van der Waals surface area contributed by atoms with Gasteiger partial charge in [0, 0.05) is 19.3 Å². The lowest BCUT2D eigenvalue weighted by Gasteiger charge is -2.18. The van der Waals surface area contributed by atoms with Gasteiger partial charge < -0.3 is 14.2 Å². The summed E-state index contributed by atoms with van der Waals surface area (Å²) in [6.07, 6.45) is 80.3. The molecule has 0 spiro atoms. The van der Waals surface area contributed by atoms with Gasteiger partial charge in [0.1, 0.15) is 13.2 Å². The first-order chi connectivity index (χ1) is 37.5. The molecular weight excluding hydrogens is 937 g/mol. The third kappa shape index (κ3) is 62.5. The minimum absolute atomic E-state index is 0.0708. The summed E-state index contributed by atoms with van der Waals surface area (Å²) >= 11 is 0. The SMILES string of the molecule is CC/C=C\C/C=C\C/C=C\CCCCCCCCCC(=O)OC(COC(=O)CCCCCCCCCCCCCCC)COC(=O)CCCCCCCCCCCCCCCCCCCCCCCCCCCCCC. The van der Waals surface area contributed by atoms with E-state index in [0.29, 0.717) is 19.3 Å². The van der Waals surface area contributed by atoms with Crippen LogP contribution in [0.2, 0.25) is 0 Å². The third-order valence-corrected chi connectivity index (χ3v) is 15.4. The van der Waals surface area contributed by atoms with Crippen molar-refractivity contribution in [2.75, 3.05) is 13.2 Å². The van der Waals surface area contributed by atoms with E-state index in [1.807, 2.05) is 0 Å². The molecule has 0 bridgehead atoms. The summed E-state index contributed by atoms with van der Waals surface area (Å²) in [5.41, 5.74) is 0. The van der Waals surface area contributed by atoms with Crippen LogP contribution in [-0.4, -0.2) is 37.2 Å². The molecule has 6 nitrogen and oxygen atoms in total. The number of hydrogen-bond donors (Lipinski definition) is 0. The standard InChI is InChI=1S/C70H130O6/c1-4-7-10-13-16-19-22-25-27-29-30-31-32-33-34-35-36-37-38-39-41-42-45-48-51-54-57-60-63-69(72)75-66-67(65-74-68(71)62-59-56-53-50-47-44-24-21-18-15-12-9-6-3)76-70(73)64-61-58-55-52-49-46-43-40-28-26-23-20-17-14-11-8-5-2/h8,11,17,20,26,28,67H,4-7,9-10,12-16,18-19,21-25,27,29-66H2,1-3H3/b11-8-,20-17-,28-26-. The predicted octanol–water partition coefficient (Wildman–Crippen LogP) is 23.2. The lowest BCUT2D eigenvalue weighted by molar-refractivity contribution is -0.167. The van der Waals surface area contributed by atoms with Crippen molar-refractivity contribution in [3.05, 3.63) is 36.5 Å². The summed E-state index contributed by atoms with van der Waals surface area (Å²) in [5.74, 6) is -0.854. The van der Waals surface area contributed by atoms with Crippen LogP contribution in [0.1, 0.15) is 374 Å². The minimum Gasteiger partial charge on any atom is -0.462 e. The second-order valence-electron chi connectivity index (χ2n) is 23.1. The van der Waals surface area contributed by atoms with Crippen molar-refractivity contribution in [2.24, 2.45) is 0 Å². The van der Waals surface area contributed by atoms with Gasteiger partial charge in [-0.15, -0.1) is 0 Å². The number of carbonyl (C=O) groups excluding carboxylic acids is 3. The van der Waals surface area contributed by atoms with Crippen molar-refractivity contribution in [1.29, 1.82) is 0 Å². The highest BCUT2D eigenvalue weighted by atomic mass is 16.6. The van der Waals surface area contributed by atoms with E-state index in [9.17, 15) is 14.4 Å². The lowest BCUT2D eigenvalue weighted by atomic mass is 10.0. The van der Waals surface area contributed by atoms with E-state index < -0.39 is 6.10 Å². The van der Waals surface area contributed by atoms with Crippen molar-refractivity contribution in [1.82, 2.24) is 0 Å². The van der Waals surface area contributed by atoms with Gasteiger partial charge in [0.25, 0.3) is 0 Å². The number of unbranched alkanes of at least 4 members (excludes halogenated alkanes) is 46. The van der Waals surface area contributed by atoms with E-state index >= 15 is 0 Å². The van der Waals surface area contributed by atoms with Crippen molar-refractivity contribution < 1.29 is 28.6 Å². The monoisotopic (exact) mass is 1070 g/mol. The zero-order chi connectivity index (χ0) is 55.0. The highest BCUT2D eigenvalue weighted by Gasteiger charge is 2.19. The fraction of sp³-hybridized carbons (Fsp3) is 0.871. The Balaban J connectivity index is 4.17. The molecule has 6 heteroatoms. The molecule has 0 aromatic rings. The molecule has 1 atom stereocenters. The van der Waals surface area contributed by atoms with Crippen molar-refractivity contribution in [2.45, 2.75) is 380 Å². The summed E-state index contributed by atoms with van der Waals surface area (Å²) in [6.45, 7) is 6.59. The first-order valence-electron chi connectivity index (χ1n) is 34.0. The fourth-order valence-electron chi connectivity index (χ4n) is 10.3. The lowest BCUT2D eigenvalue weighted by Crippen LogP contribution is -2.30. The molecule has 0 aliphatic heterocycles. The Labute approximate surface area is 474 Å². The van der Waals surface area contributed by atoms with Crippen LogP contribution in [-0.2, 0) is 28.6 Å². The van der Waals surface area contributed by atoms with Crippen LogP contribution in [0, 0.1) is 0 Å². The number of esters is 3. The van der Waals surface area contributed by atoms with Crippen molar-refractivity contribution >= 4 is 17.9 Å². The minimum atomic E-state index is -0.774. The van der Waals surface area contributed by atoms with E-state index in [4.69, 9.17) is 14.2 Å². The van der Waals surface area contributed by atoms with Gasteiger partial charge in [-0.1, -0.05) is 340 Å². The molecule has 0 fully saturated rings. The molecule has 0 aromatic carbocycles. The van der Waals surface area contributed by atoms with Crippen LogP contribution < -0.4 is 0 Å². The molecule has 0 saturated carbocycles. The van der Waals surface area contributed by atoms with Crippen LogP contribution in [0.4, 0.5) is 0 Å². The Bertz CT molecular complexity index is 1270. The average molecular weight is 1070 g/mol. The molecular formula is C70H130O6. The third-order valence-electron chi connectivity index (χ3n) is 15.4. The maximum atomic E-state index is 12.9.